The van der Waals surface area contributed by atoms with Gasteiger partial charge in [0, 0.05) is 30.4 Å². The van der Waals surface area contributed by atoms with Crippen molar-refractivity contribution >= 4 is 28.9 Å². The first-order chi connectivity index (χ1) is 15.6. The fraction of sp³-hybridized carbons (Fsp3) is 0.304. The highest BCUT2D eigenvalue weighted by molar-refractivity contribution is 6.32. The maximum absolute atomic E-state index is 12.6. The van der Waals surface area contributed by atoms with E-state index in [0.29, 0.717) is 46.4 Å². The molecule has 0 atom stereocenters. The van der Waals surface area contributed by atoms with Gasteiger partial charge in [0.1, 0.15) is 5.75 Å². The molecule has 2 aromatic heterocycles. The molecule has 1 saturated heterocycles. The molecule has 0 radical (unpaired) electrons. The molecule has 2 aliphatic heterocycles. The Hall–Kier alpha value is -3.23. The SMILES string of the molecule is C1CNC1.COc1cnccc1-c1[nH]c2c(c1Nc1cccc(Cl)c1OC)C(=O)NCC2. The number of aromatic amines is 1. The minimum atomic E-state index is -0.139. The minimum absolute atomic E-state index is 0.139. The number of halogens is 1. The average Bonchev–Trinajstić information content (AvgIpc) is 3.12. The highest BCUT2D eigenvalue weighted by atomic mass is 35.5. The molecule has 1 fully saturated rings. The Bertz CT molecular complexity index is 1110. The minimum Gasteiger partial charge on any atom is -0.494 e. The van der Waals surface area contributed by atoms with Crippen LogP contribution < -0.4 is 25.4 Å². The third-order valence-corrected chi connectivity index (χ3v) is 5.67. The van der Waals surface area contributed by atoms with Gasteiger partial charge in [-0.1, -0.05) is 17.7 Å². The van der Waals surface area contributed by atoms with Gasteiger partial charge in [0.2, 0.25) is 0 Å². The normalized spacial score (nSPS) is 14.3. The summed E-state index contributed by atoms with van der Waals surface area (Å²) in [5.74, 6) is 0.964. The fourth-order valence-electron chi connectivity index (χ4n) is 3.58. The van der Waals surface area contributed by atoms with Crippen LogP contribution in [-0.4, -0.2) is 49.7 Å². The van der Waals surface area contributed by atoms with E-state index in [9.17, 15) is 4.79 Å². The largest absolute Gasteiger partial charge is 0.494 e. The first-order valence-corrected chi connectivity index (χ1v) is 10.8. The molecule has 0 unspecified atom stereocenters. The number of nitrogens with zero attached hydrogens (tertiary/aromatic N) is 1. The molecule has 0 aliphatic carbocycles. The molecular weight excluding hydrogens is 430 g/mol. The molecule has 3 aromatic rings. The second-order valence-electron chi connectivity index (χ2n) is 7.36. The first-order valence-electron chi connectivity index (χ1n) is 10.5. The Labute approximate surface area is 191 Å². The summed E-state index contributed by atoms with van der Waals surface area (Å²) < 4.78 is 10.9. The molecule has 168 valence electrons. The van der Waals surface area contributed by atoms with E-state index in [0.717, 1.165) is 17.0 Å². The lowest BCUT2D eigenvalue weighted by Crippen LogP contribution is -2.31. The van der Waals surface area contributed by atoms with Crippen molar-refractivity contribution in [3.05, 3.63) is 52.9 Å². The number of para-hydroxylation sites is 1. The number of amides is 1. The molecule has 0 bridgehead atoms. The van der Waals surface area contributed by atoms with Crippen molar-refractivity contribution < 1.29 is 14.3 Å². The summed E-state index contributed by atoms with van der Waals surface area (Å²) >= 11 is 6.27. The molecule has 4 N–H and O–H groups in total. The first kappa shape index (κ1) is 22.0. The second-order valence-corrected chi connectivity index (χ2v) is 7.77. The summed E-state index contributed by atoms with van der Waals surface area (Å²) in [5, 5.41) is 9.83. The van der Waals surface area contributed by atoms with Gasteiger partial charge in [0.25, 0.3) is 5.91 Å². The predicted octanol–water partition coefficient (Wildman–Crippen LogP) is 3.76. The lowest BCUT2D eigenvalue weighted by atomic mass is 10.0. The van der Waals surface area contributed by atoms with Crippen molar-refractivity contribution in [3.63, 3.8) is 0 Å². The number of nitrogens with one attached hydrogen (secondary N) is 4. The summed E-state index contributed by atoms with van der Waals surface area (Å²) in [7, 11) is 3.14. The standard InChI is InChI=1S/C20H19ClN4O3.C3H7N/c1-27-15-10-22-8-6-11(15)17-18(16-13(24-17)7-9-23-20(16)26)25-14-5-3-4-12(21)19(14)28-2;1-2-4-3-1/h3-6,8,10,24-25H,7,9H2,1-2H3,(H,23,26);4H,1-3H2. The molecule has 2 aliphatic rings. The van der Waals surface area contributed by atoms with Crippen molar-refractivity contribution in [1.29, 1.82) is 0 Å². The topological polar surface area (TPSA) is 100 Å². The third-order valence-electron chi connectivity index (χ3n) is 5.38. The predicted molar refractivity (Wildman–Crippen MR) is 125 cm³/mol. The number of pyridine rings is 1. The van der Waals surface area contributed by atoms with Crippen LogP contribution >= 0.6 is 11.6 Å². The molecular formula is C23H26ClN5O3. The lowest BCUT2D eigenvalue weighted by Gasteiger charge is -2.17. The van der Waals surface area contributed by atoms with E-state index < -0.39 is 0 Å². The Morgan fingerprint density at radius 1 is 1.12 bits per heavy atom. The van der Waals surface area contributed by atoms with Crippen molar-refractivity contribution in [2.45, 2.75) is 12.8 Å². The van der Waals surface area contributed by atoms with Gasteiger partial charge in [-0.15, -0.1) is 0 Å². The van der Waals surface area contributed by atoms with Crippen molar-refractivity contribution in [2.24, 2.45) is 0 Å². The number of carbonyl (C=O) groups is 1. The third kappa shape index (κ3) is 4.37. The van der Waals surface area contributed by atoms with E-state index in [4.69, 9.17) is 21.1 Å². The number of hydrogen-bond donors (Lipinski definition) is 4. The Morgan fingerprint density at radius 3 is 2.59 bits per heavy atom. The van der Waals surface area contributed by atoms with Gasteiger partial charge in [-0.25, -0.2) is 0 Å². The van der Waals surface area contributed by atoms with E-state index in [2.05, 4.69) is 25.9 Å². The molecule has 8 nitrogen and oxygen atoms in total. The Kier molecular flexibility index (Phi) is 6.82. The number of H-pyrrole nitrogens is 1. The highest BCUT2D eigenvalue weighted by Gasteiger charge is 2.28. The molecule has 0 saturated carbocycles. The van der Waals surface area contributed by atoms with E-state index in [1.165, 1.54) is 19.5 Å². The maximum Gasteiger partial charge on any atom is 0.255 e. The van der Waals surface area contributed by atoms with E-state index >= 15 is 0 Å². The summed E-state index contributed by atoms with van der Waals surface area (Å²) in [6, 6.07) is 7.25. The lowest BCUT2D eigenvalue weighted by molar-refractivity contribution is 0.0947. The van der Waals surface area contributed by atoms with Gasteiger partial charge >= 0.3 is 0 Å². The van der Waals surface area contributed by atoms with Crippen LogP contribution in [0.3, 0.4) is 0 Å². The highest BCUT2D eigenvalue weighted by Crippen LogP contribution is 2.42. The summed E-state index contributed by atoms with van der Waals surface area (Å²) in [5.41, 5.74) is 4.26. The van der Waals surface area contributed by atoms with Crippen molar-refractivity contribution in [1.82, 2.24) is 20.6 Å². The zero-order valence-corrected chi connectivity index (χ0v) is 18.8. The quantitative estimate of drug-likeness (QED) is 0.467. The monoisotopic (exact) mass is 455 g/mol. The van der Waals surface area contributed by atoms with Gasteiger partial charge in [0.05, 0.1) is 48.1 Å². The van der Waals surface area contributed by atoms with Gasteiger partial charge in [-0.05, 0) is 37.7 Å². The van der Waals surface area contributed by atoms with Crippen molar-refractivity contribution in [2.75, 3.05) is 39.2 Å². The number of methoxy groups -OCH3 is 2. The zero-order valence-electron chi connectivity index (χ0n) is 18.0. The Morgan fingerprint density at radius 2 is 1.91 bits per heavy atom. The molecule has 0 spiro atoms. The van der Waals surface area contributed by atoms with E-state index in [1.807, 2.05) is 18.2 Å². The van der Waals surface area contributed by atoms with Gasteiger partial charge in [-0.2, -0.15) is 0 Å². The smallest absolute Gasteiger partial charge is 0.255 e. The number of aromatic nitrogens is 2. The van der Waals surface area contributed by atoms with Crippen LogP contribution in [0.15, 0.2) is 36.7 Å². The van der Waals surface area contributed by atoms with Crippen LogP contribution in [0, 0.1) is 0 Å². The number of fused-ring (bicyclic) bond motifs is 1. The van der Waals surface area contributed by atoms with Crippen LogP contribution in [0.5, 0.6) is 11.5 Å². The van der Waals surface area contributed by atoms with Crippen LogP contribution in [0.25, 0.3) is 11.3 Å². The van der Waals surface area contributed by atoms with Crippen LogP contribution in [0.2, 0.25) is 5.02 Å². The number of benzene rings is 1. The van der Waals surface area contributed by atoms with Crippen LogP contribution in [-0.2, 0) is 6.42 Å². The van der Waals surface area contributed by atoms with Gasteiger partial charge in [-0.3, -0.25) is 9.78 Å². The van der Waals surface area contributed by atoms with E-state index in [-0.39, 0.29) is 5.91 Å². The number of anilines is 2. The summed E-state index contributed by atoms with van der Waals surface area (Å²) in [6.45, 7) is 3.08. The summed E-state index contributed by atoms with van der Waals surface area (Å²) in [4.78, 5) is 20.2. The number of rotatable bonds is 5. The number of carbonyl (C=O) groups excluding carboxylic acids is 1. The average molecular weight is 456 g/mol. The number of hydrogen-bond acceptors (Lipinski definition) is 6. The molecule has 1 amide bonds. The number of ether oxygens (including phenoxy) is 2. The zero-order chi connectivity index (χ0) is 22.5. The molecule has 5 rings (SSSR count). The van der Waals surface area contributed by atoms with Crippen LogP contribution in [0.4, 0.5) is 11.4 Å². The van der Waals surface area contributed by atoms with Gasteiger partial charge in [0.15, 0.2) is 5.75 Å². The molecule has 9 heteroatoms. The fourth-order valence-corrected chi connectivity index (χ4v) is 3.83. The van der Waals surface area contributed by atoms with Crippen molar-refractivity contribution in [3.8, 4) is 22.8 Å². The molecule has 32 heavy (non-hydrogen) atoms. The maximum atomic E-state index is 12.6. The van der Waals surface area contributed by atoms with Crippen LogP contribution in [0.1, 0.15) is 22.5 Å². The second kappa shape index (κ2) is 9.93. The summed E-state index contributed by atoms with van der Waals surface area (Å²) in [6.07, 6.45) is 5.41. The van der Waals surface area contributed by atoms with Gasteiger partial charge < -0.3 is 30.4 Å². The molecule has 1 aromatic carbocycles. The Balaban J connectivity index is 0.000000552. The molecule has 4 heterocycles. The van der Waals surface area contributed by atoms with E-state index in [1.54, 1.807) is 32.7 Å².